The molecule has 76 heavy (non-hydrogen) atoms. The predicted octanol–water partition coefficient (Wildman–Crippen LogP) is 21.8. The summed E-state index contributed by atoms with van der Waals surface area (Å²) in [6, 6.07) is 0. The van der Waals surface area contributed by atoms with Crippen molar-refractivity contribution in [2.45, 2.75) is 303 Å². The van der Waals surface area contributed by atoms with Crippen molar-refractivity contribution in [3.63, 3.8) is 0 Å². The van der Waals surface area contributed by atoms with Crippen molar-refractivity contribution in [2.75, 3.05) is 13.2 Å². The highest BCUT2D eigenvalue weighted by Crippen LogP contribution is 2.16. The molecule has 0 aromatic rings. The lowest BCUT2D eigenvalue weighted by molar-refractivity contribution is -0.167. The van der Waals surface area contributed by atoms with Crippen molar-refractivity contribution in [3.8, 4) is 0 Å². The maximum atomic E-state index is 12.8. The Morgan fingerprint density at radius 3 is 0.829 bits per heavy atom. The fraction of sp³-hybridized carbons (Fsp3) is 0.700. The Morgan fingerprint density at radius 2 is 0.513 bits per heavy atom. The minimum absolute atomic E-state index is 0.0812. The summed E-state index contributed by atoms with van der Waals surface area (Å²) in [5.41, 5.74) is 0. The van der Waals surface area contributed by atoms with E-state index in [0.717, 1.165) is 128 Å². The molecule has 1 atom stereocenters. The van der Waals surface area contributed by atoms with Crippen LogP contribution < -0.4 is 0 Å². The van der Waals surface area contributed by atoms with Crippen LogP contribution >= 0.6 is 0 Å². The molecule has 0 heterocycles. The van der Waals surface area contributed by atoms with Crippen LogP contribution in [0.2, 0.25) is 0 Å². The van der Waals surface area contributed by atoms with Gasteiger partial charge in [-0.15, -0.1) is 0 Å². The summed E-state index contributed by atoms with van der Waals surface area (Å²) in [5.74, 6) is -0.895. The molecule has 0 bridgehead atoms. The van der Waals surface area contributed by atoms with Gasteiger partial charge in [0.25, 0.3) is 0 Å². The first-order valence-corrected chi connectivity index (χ1v) is 31.9. The van der Waals surface area contributed by atoms with Gasteiger partial charge in [0, 0.05) is 19.3 Å². The van der Waals surface area contributed by atoms with Crippen LogP contribution in [0.1, 0.15) is 297 Å². The first-order chi connectivity index (χ1) is 37.5. The molecule has 0 spiro atoms. The monoisotopic (exact) mass is 1050 g/mol. The van der Waals surface area contributed by atoms with Crippen LogP contribution in [0.15, 0.2) is 109 Å². The number of ether oxygens (including phenoxy) is 3. The lowest BCUT2D eigenvalue weighted by Gasteiger charge is -2.18. The van der Waals surface area contributed by atoms with Crippen LogP contribution in [0.4, 0.5) is 0 Å². The minimum atomic E-state index is -0.782. The largest absolute Gasteiger partial charge is 0.462 e. The summed E-state index contributed by atoms with van der Waals surface area (Å²) in [6.07, 6.45) is 86.9. The topological polar surface area (TPSA) is 78.9 Å². The molecule has 434 valence electrons. The van der Waals surface area contributed by atoms with Gasteiger partial charge in [0.15, 0.2) is 6.10 Å². The molecule has 1 unspecified atom stereocenters. The molecule has 0 radical (unpaired) electrons. The normalized spacial score (nSPS) is 12.8. The van der Waals surface area contributed by atoms with Crippen LogP contribution in [-0.2, 0) is 28.6 Å². The maximum absolute atomic E-state index is 12.8. The van der Waals surface area contributed by atoms with Gasteiger partial charge in [-0.25, -0.2) is 0 Å². The summed E-state index contributed by atoms with van der Waals surface area (Å²) < 4.78 is 16.8. The van der Waals surface area contributed by atoms with Crippen molar-refractivity contribution < 1.29 is 28.6 Å². The lowest BCUT2D eigenvalue weighted by Crippen LogP contribution is -2.30. The van der Waals surface area contributed by atoms with Gasteiger partial charge in [-0.3, -0.25) is 14.4 Å². The van der Waals surface area contributed by atoms with Crippen LogP contribution in [0.5, 0.6) is 0 Å². The highest BCUT2D eigenvalue weighted by Gasteiger charge is 2.19. The van der Waals surface area contributed by atoms with Gasteiger partial charge in [-0.2, -0.15) is 0 Å². The van der Waals surface area contributed by atoms with Gasteiger partial charge >= 0.3 is 17.9 Å². The van der Waals surface area contributed by atoms with Gasteiger partial charge in [0.05, 0.1) is 0 Å². The molecule has 0 aliphatic rings. The van der Waals surface area contributed by atoms with Gasteiger partial charge in [0.1, 0.15) is 13.2 Å². The number of unbranched alkanes of at least 4 members (excludes halogenated alkanes) is 28. The Morgan fingerprint density at radius 1 is 0.276 bits per heavy atom. The Balaban J connectivity index is 4.08. The number of rotatable bonds is 57. The quantitative estimate of drug-likeness (QED) is 0.0261. The molecule has 6 nitrogen and oxygen atoms in total. The second-order valence-corrected chi connectivity index (χ2v) is 20.9. The third-order valence-corrected chi connectivity index (χ3v) is 13.5. The van der Waals surface area contributed by atoms with Crippen LogP contribution in [0.3, 0.4) is 0 Å². The zero-order valence-corrected chi connectivity index (χ0v) is 49.7. The van der Waals surface area contributed by atoms with Crippen molar-refractivity contribution in [2.24, 2.45) is 0 Å². The SMILES string of the molecule is CC/C=C\C/C=C\C/C=C\C/C=C\C/C=C\C/C=C\C/C=C\CCCCCCCCCCCCCCCC(=O)OCC(COC(=O)CCCCCCCCCC)OC(=O)CCCCCCC/C=C\C/C=C\CCCCC. The van der Waals surface area contributed by atoms with Crippen LogP contribution in [-0.4, -0.2) is 37.2 Å². The zero-order valence-electron chi connectivity index (χ0n) is 49.7. The molecule has 0 rings (SSSR count). The van der Waals surface area contributed by atoms with E-state index in [1.54, 1.807) is 0 Å². The number of carbonyl (C=O) groups is 3. The Kier molecular flexibility index (Phi) is 60.3. The van der Waals surface area contributed by atoms with Crippen molar-refractivity contribution >= 4 is 17.9 Å². The Hall–Kier alpha value is -3.93. The summed E-state index contributed by atoms with van der Waals surface area (Å²) >= 11 is 0. The van der Waals surface area contributed by atoms with E-state index in [1.165, 1.54) is 128 Å². The Bertz CT molecular complexity index is 1540. The first kappa shape index (κ1) is 72.1. The fourth-order valence-corrected chi connectivity index (χ4v) is 8.75. The van der Waals surface area contributed by atoms with Crippen LogP contribution in [0, 0.1) is 0 Å². The third kappa shape index (κ3) is 60.9. The summed E-state index contributed by atoms with van der Waals surface area (Å²) in [4.78, 5) is 38.0. The van der Waals surface area contributed by atoms with Crippen LogP contribution in [0.25, 0.3) is 0 Å². The number of allylic oxidation sites excluding steroid dienone is 18. The molecule has 0 N–H and O–H groups in total. The number of hydrogen-bond donors (Lipinski definition) is 0. The van der Waals surface area contributed by atoms with Gasteiger partial charge < -0.3 is 14.2 Å². The van der Waals surface area contributed by atoms with E-state index in [4.69, 9.17) is 14.2 Å². The molecule has 0 saturated carbocycles. The molecule has 0 aromatic heterocycles. The van der Waals surface area contributed by atoms with Gasteiger partial charge in [-0.1, -0.05) is 278 Å². The average molecular weight is 1060 g/mol. The molecule has 0 saturated heterocycles. The molecule has 0 amide bonds. The first-order valence-electron chi connectivity index (χ1n) is 31.9. The fourth-order valence-electron chi connectivity index (χ4n) is 8.75. The van der Waals surface area contributed by atoms with Crippen molar-refractivity contribution in [3.05, 3.63) is 109 Å². The van der Waals surface area contributed by atoms with E-state index in [1.807, 2.05) is 0 Å². The number of hydrogen-bond acceptors (Lipinski definition) is 6. The summed E-state index contributed by atoms with van der Waals surface area (Å²) in [7, 11) is 0. The van der Waals surface area contributed by atoms with E-state index in [-0.39, 0.29) is 31.1 Å². The molecule has 0 aliphatic heterocycles. The Labute approximate surface area is 470 Å². The summed E-state index contributed by atoms with van der Waals surface area (Å²) in [6.45, 7) is 6.47. The maximum Gasteiger partial charge on any atom is 0.306 e. The molecular formula is C70H118O6. The smallest absolute Gasteiger partial charge is 0.306 e. The highest BCUT2D eigenvalue weighted by atomic mass is 16.6. The highest BCUT2D eigenvalue weighted by molar-refractivity contribution is 5.71. The van der Waals surface area contributed by atoms with E-state index < -0.39 is 6.10 Å². The van der Waals surface area contributed by atoms with Crippen molar-refractivity contribution in [1.82, 2.24) is 0 Å². The number of esters is 3. The van der Waals surface area contributed by atoms with E-state index >= 15 is 0 Å². The minimum Gasteiger partial charge on any atom is -0.462 e. The van der Waals surface area contributed by atoms with Gasteiger partial charge in [-0.05, 0) is 109 Å². The predicted molar refractivity (Wildman–Crippen MR) is 330 cm³/mol. The van der Waals surface area contributed by atoms with Crippen molar-refractivity contribution in [1.29, 1.82) is 0 Å². The zero-order chi connectivity index (χ0) is 55.0. The molecule has 0 fully saturated rings. The van der Waals surface area contributed by atoms with E-state index in [9.17, 15) is 14.4 Å². The second-order valence-electron chi connectivity index (χ2n) is 20.9. The van der Waals surface area contributed by atoms with E-state index in [0.29, 0.717) is 19.3 Å². The third-order valence-electron chi connectivity index (χ3n) is 13.5. The lowest BCUT2D eigenvalue weighted by atomic mass is 10.0. The molecule has 0 aliphatic carbocycles. The van der Waals surface area contributed by atoms with Gasteiger partial charge in [0.2, 0.25) is 0 Å². The standard InChI is InChI=1S/C70H118O6/c1-4-7-10-13-16-19-21-23-25-26-27-28-29-30-31-32-33-34-35-36-37-38-39-40-41-42-43-44-46-47-49-51-54-57-60-63-69(72)75-66-67(65-74-68(71)62-59-56-53-18-15-12-9-6-3)76-70(73)64-61-58-55-52-50-48-45-24-22-20-17-14-11-8-5-2/h7,10,16-17,19-20,23-25,27-28,30-31,33-34,36-37,45,67H,4-6,8-9,11-15,18,21-22,26,29,32,35,38-44,46-66H2,1-3H3/b10-7-,19-16-,20-17-,25-23-,28-27-,31-30-,34-33-,37-36-,45-24-. The van der Waals surface area contributed by atoms with E-state index in [2.05, 4.69) is 130 Å². The number of carbonyl (C=O) groups excluding carboxylic acids is 3. The molecule has 6 heteroatoms. The summed E-state index contributed by atoms with van der Waals surface area (Å²) in [5, 5.41) is 0. The molecular weight excluding hydrogens is 937 g/mol. The molecule has 0 aromatic carbocycles. The average Bonchev–Trinajstić information content (AvgIpc) is 3.42. The second kappa shape index (κ2) is 63.6.